The number of fused-ring (bicyclic) bond motifs is 1. The van der Waals surface area contributed by atoms with E-state index in [1.807, 2.05) is 27.7 Å². The highest BCUT2D eigenvalue weighted by molar-refractivity contribution is 5.88. The zero-order valence-corrected chi connectivity index (χ0v) is 15.7. The van der Waals surface area contributed by atoms with Crippen molar-refractivity contribution in [3.8, 4) is 6.07 Å². The van der Waals surface area contributed by atoms with Crippen LogP contribution in [0.1, 0.15) is 66.2 Å². The molecule has 2 aliphatic heterocycles. The molecule has 3 aliphatic rings. The van der Waals surface area contributed by atoms with Gasteiger partial charge in [-0.1, -0.05) is 12.8 Å². The van der Waals surface area contributed by atoms with Gasteiger partial charge in [0.15, 0.2) is 0 Å². The van der Waals surface area contributed by atoms with Crippen LogP contribution >= 0.6 is 0 Å². The van der Waals surface area contributed by atoms with Gasteiger partial charge in [0.25, 0.3) is 0 Å². The molecular formula is C19H29N3O3. The molecule has 2 saturated heterocycles. The maximum absolute atomic E-state index is 13.2. The summed E-state index contributed by atoms with van der Waals surface area (Å²) in [4.78, 5) is 29.4. The van der Waals surface area contributed by atoms with Crippen molar-refractivity contribution < 1.29 is 14.3 Å². The van der Waals surface area contributed by atoms with E-state index in [0.29, 0.717) is 18.8 Å². The standard InChI is InChI=1S/C19H29N3O3/c1-12-9-14(11-20)21(12)17(23)16-10-13-7-5-6-8-15(13)22(16)18(24)25-19(2,3)4/h12-16H,5-10H2,1-4H3. The number of rotatable bonds is 1. The molecule has 5 unspecified atom stereocenters. The second kappa shape index (κ2) is 6.51. The molecule has 0 aromatic rings. The van der Waals surface area contributed by atoms with Gasteiger partial charge in [0, 0.05) is 18.5 Å². The van der Waals surface area contributed by atoms with Gasteiger partial charge in [-0.3, -0.25) is 9.69 Å². The van der Waals surface area contributed by atoms with E-state index in [0.717, 1.165) is 25.7 Å². The fourth-order valence-electron chi connectivity index (χ4n) is 4.63. The molecule has 0 radical (unpaired) electrons. The van der Waals surface area contributed by atoms with Crippen LogP contribution in [0, 0.1) is 17.2 Å². The lowest BCUT2D eigenvalue weighted by Gasteiger charge is -2.45. The van der Waals surface area contributed by atoms with Crippen LogP contribution in [0.3, 0.4) is 0 Å². The van der Waals surface area contributed by atoms with Crippen molar-refractivity contribution in [2.45, 2.75) is 96.0 Å². The Bertz CT molecular complexity index is 592. The quantitative estimate of drug-likeness (QED) is 0.731. The normalized spacial score (nSPS) is 34.8. The molecule has 1 saturated carbocycles. The number of nitriles is 1. The molecule has 0 spiro atoms. The predicted octanol–water partition coefficient (Wildman–Crippen LogP) is 3.07. The molecule has 3 rings (SSSR count). The maximum atomic E-state index is 13.2. The summed E-state index contributed by atoms with van der Waals surface area (Å²) in [5.41, 5.74) is -0.587. The van der Waals surface area contributed by atoms with E-state index in [1.165, 1.54) is 0 Å². The Labute approximate surface area is 150 Å². The Morgan fingerprint density at radius 3 is 2.40 bits per heavy atom. The summed E-state index contributed by atoms with van der Waals surface area (Å²) in [6.07, 6.45) is 5.27. The van der Waals surface area contributed by atoms with Gasteiger partial charge in [0.2, 0.25) is 5.91 Å². The van der Waals surface area contributed by atoms with Crippen LogP contribution in [0.5, 0.6) is 0 Å². The molecule has 1 aliphatic carbocycles. The summed E-state index contributed by atoms with van der Waals surface area (Å²) >= 11 is 0. The fourth-order valence-corrected chi connectivity index (χ4v) is 4.63. The molecule has 0 aromatic carbocycles. The van der Waals surface area contributed by atoms with Crippen molar-refractivity contribution in [2.24, 2.45) is 5.92 Å². The van der Waals surface area contributed by atoms with Crippen molar-refractivity contribution >= 4 is 12.0 Å². The molecule has 2 amide bonds. The van der Waals surface area contributed by atoms with E-state index in [-0.39, 0.29) is 30.1 Å². The van der Waals surface area contributed by atoms with Crippen LogP contribution in [0.15, 0.2) is 0 Å². The summed E-state index contributed by atoms with van der Waals surface area (Å²) in [6, 6.07) is 1.52. The van der Waals surface area contributed by atoms with Gasteiger partial charge in [-0.25, -0.2) is 4.79 Å². The largest absolute Gasteiger partial charge is 0.444 e. The SMILES string of the molecule is CC1CC(C#N)N1C(=O)C1CC2CCCCC2N1C(=O)OC(C)(C)C. The monoisotopic (exact) mass is 347 g/mol. The third-order valence-electron chi connectivity index (χ3n) is 5.76. The summed E-state index contributed by atoms with van der Waals surface area (Å²) < 4.78 is 5.61. The molecule has 2 heterocycles. The molecule has 6 nitrogen and oxygen atoms in total. The molecule has 0 bridgehead atoms. The number of hydrogen-bond donors (Lipinski definition) is 0. The molecule has 6 heteroatoms. The molecule has 5 atom stereocenters. The Morgan fingerprint density at radius 1 is 1.12 bits per heavy atom. The summed E-state index contributed by atoms with van der Waals surface area (Å²) in [6.45, 7) is 7.50. The van der Waals surface area contributed by atoms with E-state index >= 15 is 0 Å². The minimum absolute atomic E-state index is 0.0697. The molecule has 0 aromatic heterocycles. The average Bonchev–Trinajstić information content (AvgIpc) is 2.90. The van der Waals surface area contributed by atoms with Crippen molar-refractivity contribution in [1.82, 2.24) is 9.80 Å². The van der Waals surface area contributed by atoms with Crippen molar-refractivity contribution in [3.05, 3.63) is 0 Å². The first-order chi connectivity index (χ1) is 11.7. The topological polar surface area (TPSA) is 73.6 Å². The van der Waals surface area contributed by atoms with Gasteiger partial charge in [0.05, 0.1) is 6.07 Å². The lowest BCUT2D eigenvalue weighted by Crippen LogP contribution is -2.62. The number of ether oxygens (including phenoxy) is 1. The highest BCUT2D eigenvalue weighted by Crippen LogP contribution is 2.42. The van der Waals surface area contributed by atoms with Gasteiger partial charge in [0.1, 0.15) is 17.7 Å². The van der Waals surface area contributed by atoms with Gasteiger partial charge in [-0.15, -0.1) is 0 Å². The van der Waals surface area contributed by atoms with Crippen LogP contribution < -0.4 is 0 Å². The van der Waals surface area contributed by atoms with Gasteiger partial charge < -0.3 is 9.64 Å². The lowest BCUT2D eigenvalue weighted by molar-refractivity contribution is -0.146. The van der Waals surface area contributed by atoms with Gasteiger partial charge in [-0.05, 0) is 52.9 Å². The van der Waals surface area contributed by atoms with Gasteiger partial charge >= 0.3 is 6.09 Å². The van der Waals surface area contributed by atoms with Crippen LogP contribution in [-0.2, 0) is 9.53 Å². The van der Waals surface area contributed by atoms with Gasteiger partial charge in [-0.2, -0.15) is 5.26 Å². The number of likely N-dealkylation sites (tertiary alicyclic amines) is 2. The Hall–Kier alpha value is -1.77. The number of carbonyl (C=O) groups is 2. The Balaban J connectivity index is 1.83. The summed E-state index contributed by atoms with van der Waals surface area (Å²) in [5.74, 6) is 0.290. The smallest absolute Gasteiger partial charge is 0.411 e. The zero-order valence-electron chi connectivity index (χ0n) is 15.7. The molecule has 3 fully saturated rings. The summed E-state index contributed by atoms with van der Waals surface area (Å²) in [7, 11) is 0. The second-order valence-corrected chi connectivity index (χ2v) is 8.73. The van der Waals surface area contributed by atoms with Crippen LogP contribution in [-0.4, -0.2) is 51.6 Å². The van der Waals surface area contributed by atoms with Crippen molar-refractivity contribution in [2.75, 3.05) is 0 Å². The summed E-state index contributed by atoms with van der Waals surface area (Å²) in [5, 5.41) is 9.25. The third kappa shape index (κ3) is 3.33. The van der Waals surface area contributed by atoms with E-state index < -0.39 is 11.6 Å². The number of amides is 2. The maximum Gasteiger partial charge on any atom is 0.411 e. The highest BCUT2D eigenvalue weighted by Gasteiger charge is 2.52. The average molecular weight is 347 g/mol. The minimum Gasteiger partial charge on any atom is -0.444 e. The number of nitrogens with zero attached hydrogens (tertiary/aromatic N) is 3. The van der Waals surface area contributed by atoms with Crippen LogP contribution in [0.2, 0.25) is 0 Å². The van der Waals surface area contributed by atoms with Crippen molar-refractivity contribution in [3.63, 3.8) is 0 Å². The molecule has 0 N–H and O–H groups in total. The first kappa shape index (κ1) is 18.0. The van der Waals surface area contributed by atoms with E-state index in [4.69, 9.17) is 4.74 Å². The highest BCUT2D eigenvalue weighted by atomic mass is 16.6. The predicted molar refractivity (Wildman–Crippen MR) is 92.6 cm³/mol. The molecular weight excluding hydrogens is 318 g/mol. The van der Waals surface area contributed by atoms with Crippen molar-refractivity contribution in [1.29, 1.82) is 5.26 Å². The van der Waals surface area contributed by atoms with E-state index in [1.54, 1.807) is 9.80 Å². The van der Waals surface area contributed by atoms with E-state index in [9.17, 15) is 14.9 Å². The van der Waals surface area contributed by atoms with Crippen LogP contribution in [0.25, 0.3) is 0 Å². The third-order valence-corrected chi connectivity index (χ3v) is 5.76. The number of carbonyl (C=O) groups excluding carboxylic acids is 2. The first-order valence-corrected chi connectivity index (χ1v) is 9.46. The Kier molecular flexibility index (Phi) is 4.70. The zero-order chi connectivity index (χ0) is 18.4. The van der Waals surface area contributed by atoms with E-state index in [2.05, 4.69) is 6.07 Å². The second-order valence-electron chi connectivity index (χ2n) is 8.73. The lowest BCUT2D eigenvalue weighted by atomic mass is 9.84. The van der Waals surface area contributed by atoms with Crippen LogP contribution in [0.4, 0.5) is 4.79 Å². The molecule has 25 heavy (non-hydrogen) atoms. The fraction of sp³-hybridized carbons (Fsp3) is 0.842. The number of hydrogen-bond acceptors (Lipinski definition) is 4. The first-order valence-electron chi connectivity index (χ1n) is 9.46. The molecule has 138 valence electrons. The Morgan fingerprint density at radius 2 is 1.80 bits per heavy atom. The minimum atomic E-state index is -0.587.